The van der Waals surface area contributed by atoms with Crippen LogP contribution in [0.15, 0.2) is 59.2 Å². The second kappa shape index (κ2) is 10.4. The molecule has 2 heterocycles. The van der Waals surface area contributed by atoms with Crippen LogP contribution in [-0.4, -0.2) is 40.1 Å². The van der Waals surface area contributed by atoms with Crippen LogP contribution >= 0.6 is 0 Å². The van der Waals surface area contributed by atoms with E-state index in [2.05, 4.69) is 0 Å². The molecule has 2 amide bonds. The summed E-state index contributed by atoms with van der Waals surface area (Å²) in [6.07, 6.45) is 2.97. The van der Waals surface area contributed by atoms with Crippen molar-refractivity contribution in [2.75, 3.05) is 4.90 Å². The maximum atomic E-state index is 13.7. The number of carbonyl (C=O) groups excluding carboxylic acids is 2. The van der Waals surface area contributed by atoms with Gasteiger partial charge in [-0.2, -0.15) is 0 Å². The number of hydrogen-bond acceptors (Lipinski definition) is 7. The van der Waals surface area contributed by atoms with Crippen LogP contribution in [0.5, 0.6) is 5.75 Å². The van der Waals surface area contributed by atoms with E-state index in [-0.39, 0.29) is 23.6 Å². The lowest BCUT2D eigenvalue weighted by Crippen LogP contribution is -2.46. The molecule has 2 fully saturated rings. The average Bonchev–Trinajstić information content (AvgIpc) is 3.14. The topological polar surface area (TPSA) is 130 Å². The number of nitrogens with zero attached hydrogens (tertiary/aromatic N) is 2. The Kier molecular flexibility index (Phi) is 7.13. The predicted octanol–water partition coefficient (Wildman–Crippen LogP) is 4.64. The summed E-state index contributed by atoms with van der Waals surface area (Å²) in [6, 6.07) is 9.65. The molecule has 0 spiro atoms. The van der Waals surface area contributed by atoms with Gasteiger partial charge in [-0.05, 0) is 74.7 Å². The lowest BCUT2D eigenvalue weighted by Gasteiger charge is -2.42. The summed E-state index contributed by atoms with van der Waals surface area (Å²) in [5.41, 5.74) is 3.38. The summed E-state index contributed by atoms with van der Waals surface area (Å²) in [4.78, 5) is 38.8. The van der Waals surface area contributed by atoms with E-state index < -0.39 is 53.4 Å². The van der Waals surface area contributed by atoms with Crippen LogP contribution in [-0.2, 0) is 14.2 Å². The molecule has 2 N–H and O–H groups in total. The number of hydrogen-bond donors (Lipinski definition) is 2. The van der Waals surface area contributed by atoms with Crippen molar-refractivity contribution in [3.05, 3.63) is 80.7 Å². The highest BCUT2D eigenvalue weighted by Crippen LogP contribution is 2.51. The zero-order valence-electron chi connectivity index (χ0n) is 21.5. The van der Waals surface area contributed by atoms with E-state index in [9.17, 15) is 34.2 Å². The fourth-order valence-electron chi connectivity index (χ4n) is 6.25. The Labute approximate surface area is 224 Å². The van der Waals surface area contributed by atoms with Crippen molar-refractivity contribution in [2.45, 2.75) is 45.5 Å². The zero-order chi connectivity index (χ0) is 28.0. The molecule has 2 aromatic carbocycles. The molecular formula is C28H28BFN2O7. The Morgan fingerprint density at radius 2 is 2.00 bits per heavy atom. The highest BCUT2D eigenvalue weighted by molar-refractivity contribution is 6.43. The van der Waals surface area contributed by atoms with E-state index in [4.69, 9.17) is 4.65 Å². The number of amides is 2. The number of nitro benzene ring substituents is 1. The van der Waals surface area contributed by atoms with Gasteiger partial charge in [0.1, 0.15) is 0 Å². The van der Waals surface area contributed by atoms with Crippen LogP contribution in [0.2, 0.25) is 6.32 Å². The largest absolute Gasteiger partial charge is 0.505 e. The number of phenolic OH excluding ortho intramolecular Hbond substituents is 1. The molecule has 1 aliphatic carbocycles. The Bertz CT molecular complexity index is 1420. The van der Waals surface area contributed by atoms with Crippen molar-refractivity contribution in [1.29, 1.82) is 0 Å². The van der Waals surface area contributed by atoms with Crippen molar-refractivity contribution >= 4 is 36.4 Å². The number of benzene rings is 2. The van der Waals surface area contributed by atoms with Gasteiger partial charge < -0.3 is 14.8 Å². The van der Waals surface area contributed by atoms with Crippen molar-refractivity contribution < 1.29 is 33.7 Å². The number of halogens is 1. The fraction of sp³-hybridized carbons (Fsp3) is 0.357. The summed E-state index contributed by atoms with van der Waals surface area (Å²) in [6.45, 7) is 3.82. The van der Waals surface area contributed by atoms with Gasteiger partial charge in [-0.3, -0.25) is 19.7 Å². The number of aromatic hydroxyl groups is 1. The summed E-state index contributed by atoms with van der Waals surface area (Å²) in [5, 5.41) is 31.3. The quantitative estimate of drug-likeness (QED) is 0.182. The normalized spacial score (nSPS) is 25.2. The second-order valence-corrected chi connectivity index (χ2v) is 10.5. The first-order valence-electron chi connectivity index (χ1n) is 12.9. The van der Waals surface area contributed by atoms with Gasteiger partial charge in [0.15, 0.2) is 11.6 Å². The van der Waals surface area contributed by atoms with E-state index in [0.717, 1.165) is 21.6 Å². The second-order valence-electron chi connectivity index (χ2n) is 10.5. The highest BCUT2D eigenvalue weighted by atomic mass is 19.1. The van der Waals surface area contributed by atoms with Gasteiger partial charge in [-0.25, -0.2) is 9.29 Å². The average molecular weight is 534 g/mol. The van der Waals surface area contributed by atoms with Crippen LogP contribution in [0.3, 0.4) is 0 Å². The molecule has 4 atom stereocenters. The summed E-state index contributed by atoms with van der Waals surface area (Å²) >= 11 is 0. The molecule has 5 rings (SSSR count). The SMILES string of the molecule is CC1=C2[C@@H](CC/C(C)=C/c3ccc(O)c(F)c3)OB(O)C[C@@H]2[C@@H]2C(=O)N(c3cccc([N+](=O)[O-])c3)C(=O)[C@@H]2C1. The Morgan fingerprint density at radius 1 is 1.23 bits per heavy atom. The molecule has 9 nitrogen and oxygen atoms in total. The van der Waals surface area contributed by atoms with Crippen LogP contribution in [0.25, 0.3) is 6.08 Å². The standard InChI is InChI=1S/C28H28BFN2O7/c1-15(10-17-7-8-23(33)22(30)12-17)6-9-24-25-16(2)11-20-26(21(25)14-29(36)39-24)28(35)31(27(20)34)18-4-3-5-19(13-18)32(37)38/h3-5,7-8,10,12-13,20-21,24,26,33,36H,6,9,11,14H2,1-2H3/b15-10+/t20-,21+,24-,26-/m1/s1. The van der Waals surface area contributed by atoms with Crippen LogP contribution in [0.4, 0.5) is 15.8 Å². The number of imide groups is 1. The molecule has 2 aromatic rings. The molecule has 0 saturated carbocycles. The van der Waals surface area contributed by atoms with E-state index >= 15 is 0 Å². The third-order valence-electron chi connectivity index (χ3n) is 7.94. The number of rotatable bonds is 6. The third-order valence-corrected chi connectivity index (χ3v) is 7.94. The minimum absolute atomic E-state index is 0.170. The predicted molar refractivity (Wildman–Crippen MR) is 142 cm³/mol. The molecular weight excluding hydrogens is 506 g/mol. The molecule has 0 unspecified atom stereocenters. The summed E-state index contributed by atoms with van der Waals surface area (Å²) in [7, 11) is -1.11. The van der Waals surface area contributed by atoms with E-state index in [1.807, 2.05) is 19.9 Å². The molecule has 0 aromatic heterocycles. The highest BCUT2D eigenvalue weighted by Gasteiger charge is 2.57. The Morgan fingerprint density at radius 3 is 2.72 bits per heavy atom. The molecule has 11 heteroatoms. The first-order chi connectivity index (χ1) is 18.5. The number of phenols is 1. The first-order valence-corrected chi connectivity index (χ1v) is 12.9. The number of fused-ring (bicyclic) bond motifs is 3. The van der Waals surface area contributed by atoms with Crippen LogP contribution in [0, 0.1) is 33.7 Å². The van der Waals surface area contributed by atoms with E-state index in [1.54, 1.807) is 6.07 Å². The summed E-state index contributed by atoms with van der Waals surface area (Å²) < 4.78 is 19.6. The van der Waals surface area contributed by atoms with Gasteiger partial charge in [0, 0.05) is 12.1 Å². The number of anilines is 1. The Balaban J connectivity index is 1.38. The van der Waals surface area contributed by atoms with Gasteiger partial charge in [0.05, 0.1) is 28.6 Å². The lowest BCUT2D eigenvalue weighted by atomic mass is 9.59. The molecule has 202 valence electrons. The molecule has 3 aliphatic rings. The van der Waals surface area contributed by atoms with Crippen LogP contribution < -0.4 is 4.90 Å². The van der Waals surface area contributed by atoms with Crippen molar-refractivity contribution in [2.24, 2.45) is 17.8 Å². The number of allylic oxidation sites excluding steroid dienone is 2. The van der Waals surface area contributed by atoms with E-state index in [1.165, 1.54) is 36.4 Å². The van der Waals surface area contributed by atoms with Crippen molar-refractivity contribution in [1.82, 2.24) is 0 Å². The minimum atomic E-state index is -1.11. The maximum absolute atomic E-state index is 13.7. The van der Waals surface area contributed by atoms with Gasteiger partial charge in [0.25, 0.3) is 5.69 Å². The molecule has 0 radical (unpaired) electrons. The smallest absolute Gasteiger partial charge is 0.455 e. The molecule has 2 saturated heterocycles. The van der Waals surface area contributed by atoms with Crippen molar-refractivity contribution in [3.63, 3.8) is 0 Å². The minimum Gasteiger partial charge on any atom is -0.505 e. The number of nitro groups is 1. The monoisotopic (exact) mass is 534 g/mol. The fourth-order valence-corrected chi connectivity index (χ4v) is 6.25. The number of carbonyl (C=O) groups is 2. The maximum Gasteiger partial charge on any atom is 0.455 e. The van der Waals surface area contributed by atoms with Gasteiger partial charge >= 0.3 is 7.12 Å². The summed E-state index contributed by atoms with van der Waals surface area (Å²) in [5.74, 6) is -3.61. The molecule has 39 heavy (non-hydrogen) atoms. The first kappa shape index (κ1) is 26.8. The van der Waals surface area contributed by atoms with Gasteiger partial charge in [-0.15, -0.1) is 0 Å². The van der Waals surface area contributed by atoms with Crippen molar-refractivity contribution in [3.8, 4) is 5.75 Å². The van der Waals surface area contributed by atoms with E-state index in [0.29, 0.717) is 24.8 Å². The Hall–Kier alpha value is -3.83. The van der Waals surface area contributed by atoms with Gasteiger partial charge in [-0.1, -0.05) is 29.4 Å². The zero-order valence-corrected chi connectivity index (χ0v) is 21.5. The molecule has 0 bridgehead atoms. The van der Waals surface area contributed by atoms with Crippen LogP contribution in [0.1, 0.15) is 38.7 Å². The third kappa shape index (κ3) is 4.99. The van der Waals surface area contributed by atoms with Gasteiger partial charge in [0.2, 0.25) is 11.8 Å². The lowest BCUT2D eigenvalue weighted by molar-refractivity contribution is -0.384. The molecule has 2 aliphatic heterocycles. The number of non-ortho nitro benzene ring substituents is 1.